The minimum Gasteiger partial charge on any atom is -0.438 e. The number of amides is 3. The zero-order valence-electron chi connectivity index (χ0n) is 21.5. The van der Waals surface area contributed by atoms with Gasteiger partial charge in [0.05, 0.1) is 13.0 Å². The molecule has 196 valence electrons. The van der Waals surface area contributed by atoms with Crippen LogP contribution < -0.4 is 10.6 Å². The van der Waals surface area contributed by atoms with Gasteiger partial charge in [-0.05, 0) is 47.9 Å². The highest BCUT2D eigenvalue weighted by atomic mass is 16.6. The normalized spacial score (nSPS) is 16.4. The number of cyclic esters (lactones) is 1. The Labute approximate surface area is 227 Å². The number of nitrogens with one attached hydrogen (secondary N) is 2. The lowest BCUT2D eigenvalue weighted by Gasteiger charge is -2.24. The fraction of sp³-hybridized carbons (Fsp3) is 0.156. The summed E-state index contributed by atoms with van der Waals surface area (Å²) in [6.45, 7) is 2.21. The summed E-state index contributed by atoms with van der Waals surface area (Å²) in [6, 6.07) is 32.6. The molecule has 7 heteroatoms. The lowest BCUT2D eigenvalue weighted by atomic mass is 10.00. The maximum Gasteiger partial charge on any atom is 0.411 e. The van der Waals surface area contributed by atoms with Gasteiger partial charge in [0.1, 0.15) is 0 Å². The molecule has 0 bridgehead atoms. The lowest BCUT2D eigenvalue weighted by Crippen LogP contribution is -2.43. The van der Waals surface area contributed by atoms with Gasteiger partial charge in [-0.3, -0.25) is 14.5 Å². The third-order valence-electron chi connectivity index (χ3n) is 6.56. The van der Waals surface area contributed by atoms with E-state index in [0.717, 1.165) is 16.7 Å². The van der Waals surface area contributed by atoms with Crippen molar-refractivity contribution in [2.45, 2.75) is 32.0 Å². The first-order chi connectivity index (χ1) is 19.0. The zero-order chi connectivity index (χ0) is 27.2. The molecule has 1 fully saturated rings. The predicted octanol–water partition coefficient (Wildman–Crippen LogP) is 5.88. The maximum absolute atomic E-state index is 13.6. The number of rotatable bonds is 8. The average Bonchev–Trinajstić information content (AvgIpc) is 3.26. The summed E-state index contributed by atoms with van der Waals surface area (Å²) in [7, 11) is 0. The number of hydrogen-bond donors (Lipinski definition) is 2. The molecule has 1 heterocycles. The molecule has 4 aromatic carbocycles. The Morgan fingerprint density at radius 2 is 1.41 bits per heavy atom. The highest BCUT2D eigenvalue weighted by Gasteiger charge is 2.47. The van der Waals surface area contributed by atoms with Crippen LogP contribution in [0.5, 0.6) is 0 Å². The second-order valence-electron chi connectivity index (χ2n) is 9.55. The molecule has 0 aromatic heterocycles. The molecule has 7 nitrogen and oxygen atoms in total. The summed E-state index contributed by atoms with van der Waals surface area (Å²) in [4.78, 5) is 40.6. The molecule has 0 radical (unpaired) electrons. The van der Waals surface area contributed by atoms with E-state index in [2.05, 4.69) is 10.6 Å². The average molecular weight is 520 g/mol. The van der Waals surface area contributed by atoms with Gasteiger partial charge in [-0.1, -0.05) is 90.5 Å². The SMILES string of the molecule is Cc1cccc(CN2C(=O)O[C@@H](c3ccc(NC(=O)Cc4ccccc4)cc3)[C@H]2C(=O)Nc2ccccc2)c1. The molecule has 0 unspecified atom stereocenters. The second kappa shape index (κ2) is 11.6. The topological polar surface area (TPSA) is 87.7 Å². The summed E-state index contributed by atoms with van der Waals surface area (Å²) in [5, 5.41) is 5.82. The van der Waals surface area contributed by atoms with Gasteiger partial charge in [0.15, 0.2) is 12.1 Å². The van der Waals surface area contributed by atoms with Crippen molar-refractivity contribution < 1.29 is 19.1 Å². The summed E-state index contributed by atoms with van der Waals surface area (Å²) in [6.07, 6.45) is -1.12. The molecule has 0 saturated carbocycles. The number of aryl methyl sites for hydroxylation is 1. The first kappa shape index (κ1) is 25.7. The number of hydrogen-bond acceptors (Lipinski definition) is 4. The van der Waals surface area contributed by atoms with E-state index in [1.54, 1.807) is 36.4 Å². The number of carbonyl (C=O) groups is 3. The van der Waals surface area contributed by atoms with Crippen molar-refractivity contribution in [3.8, 4) is 0 Å². The highest BCUT2D eigenvalue weighted by Crippen LogP contribution is 2.35. The summed E-state index contributed by atoms with van der Waals surface area (Å²) >= 11 is 0. The molecule has 4 aromatic rings. The van der Waals surface area contributed by atoms with E-state index >= 15 is 0 Å². The smallest absolute Gasteiger partial charge is 0.411 e. The number of carbonyl (C=O) groups excluding carboxylic acids is 3. The van der Waals surface area contributed by atoms with E-state index < -0.39 is 18.2 Å². The lowest BCUT2D eigenvalue weighted by molar-refractivity contribution is -0.121. The molecule has 39 heavy (non-hydrogen) atoms. The number of benzene rings is 4. The molecule has 0 spiro atoms. The van der Waals surface area contributed by atoms with E-state index in [0.29, 0.717) is 16.9 Å². The van der Waals surface area contributed by atoms with Crippen molar-refractivity contribution >= 4 is 29.3 Å². The van der Waals surface area contributed by atoms with Crippen LogP contribution in [0.15, 0.2) is 109 Å². The molecule has 2 N–H and O–H groups in total. The summed E-state index contributed by atoms with van der Waals surface area (Å²) < 4.78 is 5.77. The summed E-state index contributed by atoms with van der Waals surface area (Å²) in [5.41, 5.74) is 4.79. The Morgan fingerprint density at radius 1 is 0.769 bits per heavy atom. The van der Waals surface area contributed by atoms with E-state index in [1.807, 2.05) is 79.7 Å². The quantitative estimate of drug-likeness (QED) is 0.304. The van der Waals surface area contributed by atoms with Gasteiger partial charge in [0.25, 0.3) is 5.91 Å². The van der Waals surface area contributed by atoms with Crippen LogP contribution in [0, 0.1) is 6.92 Å². The fourth-order valence-corrected chi connectivity index (χ4v) is 4.70. The van der Waals surface area contributed by atoms with Crippen LogP contribution in [0.1, 0.15) is 28.4 Å². The Balaban J connectivity index is 1.36. The number of para-hydroxylation sites is 1. The van der Waals surface area contributed by atoms with Crippen molar-refractivity contribution in [3.05, 3.63) is 131 Å². The van der Waals surface area contributed by atoms with Crippen LogP contribution in [0.3, 0.4) is 0 Å². The Bertz CT molecular complexity index is 1460. The monoisotopic (exact) mass is 519 g/mol. The molecule has 1 aliphatic heterocycles. The Morgan fingerprint density at radius 3 is 2.10 bits per heavy atom. The second-order valence-corrected chi connectivity index (χ2v) is 9.55. The third kappa shape index (κ3) is 6.33. The largest absolute Gasteiger partial charge is 0.438 e. The van der Waals surface area contributed by atoms with E-state index in [-0.39, 0.29) is 24.8 Å². The number of ether oxygens (including phenoxy) is 1. The van der Waals surface area contributed by atoms with Crippen molar-refractivity contribution in [2.24, 2.45) is 0 Å². The van der Waals surface area contributed by atoms with Gasteiger partial charge < -0.3 is 15.4 Å². The van der Waals surface area contributed by atoms with Gasteiger partial charge in [-0.15, -0.1) is 0 Å². The molecule has 5 rings (SSSR count). The van der Waals surface area contributed by atoms with Crippen molar-refractivity contribution in [1.29, 1.82) is 0 Å². The molecule has 1 saturated heterocycles. The maximum atomic E-state index is 13.6. The summed E-state index contributed by atoms with van der Waals surface area (Å²) in [5.74, 6) is -0.476. The van der Waals surface area contributed by atoms with Crippen LogP contribution >= 0.6 is 0 Å². The highest BCUT2D eigenvalue weighted by molar-refractivity contribution is 5.98. The minimum absolute atomic E-state index is 0.134. The third-order valence-corrected chi connectivity index (χ3v) is 6.56. The zero-order valence-corrected chi connectivity index (χ0v) is 21.5. The number of anilines is 2. The van der Waals surface area contributed by atoms with E-state index in [4.69, 9.17) is 4.74 Å². The van der Waals surface area contributed by atoms with E-state index in [1.165, 1.54) is 4.90 Å². The standard InChI is InChI=1S/C32H29N3O4/c1-22-9-8-12-24(19-22)21-35-29(31(37)34-26-13-6-3-7-14-26)30(39-32(35)38)25-15-17-27(18-16-25)33-28(36)20-23-10-4-2-5-11-23/h2-19,29-30H,20-21H2,1H3,(H,33,36)(H,34,37)/t29-,30-/m0/s1. The van der Waals surface area contributed by atoms with Crippen molar-refractivity contribution in [2.75, 3.05) is 10.6 Å². The van der Waals surface area contributed by atoms with Crippen LogP contribution in [0.25, 0.3) is 0 Å². The van der Waals surface area contributed by atoms with Crippen LogP contribution in [0.4, 0.5) is 16.2 Å². The Kier molecular flexibility index (Phi) is 7.68. The number of nitrogens with zero attached hydrogens (tertiary/aromatic N) is 1. The van der Waals surface area contributed by atoms with Crippen LogP contribution in [-0.2, 0) is 27.3 Å². The minimum atomic E-state index is -0.892. The van der Waals surface area contributed by atoms with Crippen LogP contribution in [-0.4, -0.2) is 28.8 Å². The van der Waals surface area contributed by atoms with E-state index in [9.17, 15) is 14.4 Å². The van der Waals surface area contributed by atoms with Crippen molar-refractivity contribution in [3.63, 3.8) is 0 Å². The fourth-order valence-electron chi connectivity index (χ4n) is 4.70. The predicted molar refractivity (Wildman–Crippen MR) is 150 cm³/mol. The molecular weight excluding hydrogens is 490 g/mol. The molecule has 2 atom stereocenters. The molecular formula is C32H29N3O4. The van der Waals surface area contributed by atoms with Gasteiger partial charge >= 0.3 is 6.09 Å². The van der Waals surface area contributed by atoms with Gasteiger partial charge in [-0.25, -0.2) is 4.79 Å². The first-order valence-corrected chi connectivity index (χ1v) is 12.8. The van der Waals surface area contributed by atoms with Gasteiger partial charge in [-0.2, -0.15) is 0 Å². The molecule has 0 aliphatic carbocycles. The van der Waals surface area contributed by atoms with Crippen LogP contribution in [0.2, 0.25) is 0 Å². The van der Waals surface area contributed by atoms with Crippen molar-refractivity contribution in [1.82, 2.24) is 4.90 Å². The molecule has 1 aliphatic rings. The van der Waals surface area contributed by atoms with Gasteiger partial charge in [0, 0.05) is 11.4 Å². The Hall–Kier alpha value is -4.91. The molecule has 3 amide bonds. The first-order valence-electron chi connectivity index (χ1n) is 12.8. The van der Waals surface area contributed by atoms with Gasteiger partial charge in [0.2, 0.25) is 5.91 Å².